The molecule has 0 aliphatic rings. The average molecular weight is 263 g/mol. The van der Waals surface area contributed by atoms with E-state index in [1.165, 1.54) is 23.3 Å². The Morgan fingerprint density at radius 1 is 1.17 bits per heavy atom. The fourth-order valence-corrected chi connectivity index (χ4v) is 2.65. The molecule has 18 heavy (non-hydrogen) atoms. The topological polar surface area (TPSA) is 12.0 Å². The SMILES string of the molecule is CC(Cc1ccc(F)cc1)NCCc1ccsc1. The Kier molecular flexibility index (Phi) is 4.90. The summed E-state index contributed by atoms with van der Waals surface area (Å²) in [6.45, 7) is 3.15. The third kappa shape index (κ3) is 4.24. The lowest BCUT2D eigenvalue weighted by Crippen LogP contribution is -2.29. The number of rotatable bonds is 6. The first-order valence-electron chi connectivity index (χ1n) is 6.23. The summed E-state index contributed by atoms with van der Waals surface area (Å²) in [6.07, 6.45) is 2.00. The molecule has 0 bridgehead atoms. The fourth-order valence-electron chi connectivity index (χ4n) is 1.94. The molecule has 0 fully saturated rings. The third-order valence-electron chi connectivity index (χ3n) is 2.94. The summed E-state index contributed by atoms with van der Waals surface area (Å²) in [5.74, 6) is -0.170. The summed E-state index contributed by atoms with van der Waals surface area (Å²) < 4.78 is 12.8. The van der Waals surface area contributed by atoms with E-state index in [1.807, 2.05) is 12.1 Å². The molecular formula is C15H18FNS. The van der Waals surface area contributed by atoms with E-state index < -0.39 is 0 Å². The van der Waals surface area contributed by atoms with Crippen LogP contribution in [0.15, 0.2) is 41.1 Å². The zero-order valence-electron chi connectivity index (χ0n) is 10.5. The van der Waals surface area contributed by atoms with Gasteiger partial charge < -0.3 is 5.32 Å². The Bertz CT molecular complexity index is 450. The van der Waals surface area contributed by atoms with Crippen molar-refractivity contribution in [3.63, 3.8) is 0 Å². The number of halogens is 1. The first kappa shape index (κ1) is 13.2. The Morgan fingerprint density at radius 3 is 2.61 bits per heavy atom. The number of benzene rings is 1. The van der Waals surface area contributed by atoms with Crippen LogP contribution >= 0.6 is 11.3 Å². The second-order valence-electron chi connectivity index (χ2n) is 4.57. The van der Waals surface area contributed by atoms with E-state index in [-0.39, 0.29) is 5.82 Å². The van der Waals surface area contributed by atoms with Gasteiger partial charge in [0.25, 0.3) is 0 Å². The zero-order valence-corrected chi connectivity index (χ0v) is 11.3. The van der Waals surface area contributed by atoms with E-state index in [0.717, 1.165) is 19.4 Å². The van der Waals surface area contributed by atoms with Crippen molar-refractivity contribution in [3.05, 3.63) is 58.0 Å². The molecule has 1 unspecified atom stereocenters. The van der Waals surface area contributed by atoms with Crippen LogP contribution in [0.4, 0.5) is 4.39 Å². The zero-order chi connectivity index (χ0) is 12.8. The summed E-state index contributed by atoms with van der Waals surface area (Å²) in [5.41, 5.74) is 2.56. The maximum Gasteiger partial charge on any atom is 0.123 e. The van der Waals surface area contributed by atoms with Crippen LogP contribution in [0.25, 0.3) is 0 Å². The van der Waals surface area contributed by atoms with Gasteiger partial charge in [-0.3, -0.25) is 0 Å². The lowest BCUT2D eigenvalue weighted by atomic mass is 10.1. The summed E-state index contributed by atoms with van der Waals surface area (Å²) in [6, 6.07) is 9.32. The second-order valence-corrected chi connectivity index (χ2v) is 5.35. The van der Waals surface area contributed by atoms with Crippen LogP contribution in [0.3, 0.4) is 0 Å². The normalized spacial score (nSPS) is 12.6. The molecule has 0 spiro atoms. The molecule has 1 N–H and O–H groups in total. The molecule has 0 saturated heterocycles. The van der Waals surface area contributed by atoms with Crippen molar-refractivity contribution in [3.8, 4) is 0 Å². The first-order chi connectivity index (χ1) is 8.74. The quantitative estimate of drug-likeness (QED) is 0.839. The molecule has 3 heteroatoms. The van der Waals surface area contributed by atoms with Crippen molar-refractivity contribution in [2.45, 2.75) is 25.8 Å². The molecule has 2 rings (SSSR count). The fraction of sp³-hybridized carbons (Fsp3) is 0.333. The highest BCUT2D eigenvalue weighted by Crippen LogP contribution is 2.07. The summed E-state index contributed by atoms with van der Waals surface area (Å²) in [5, 5.41) is 7.79. The van der Waals surface area contributed by atoms with Crippen LogP contribution in [-0.2, 0) is 12.8 Å². The maximum absolute atomic E-state index is 12.8. The lowest BCUT2D eigenvalue weighted by Gasteiger charge is -2.13. The van der Waals surface area contributed by atoms with Crippen molar-refractivity contribution >= 4 is 11.3 Å². The highest BCUT2D eigenvalue weighted by atomic mass is 32.1. The highest BCUT2D eigenvalue weighted by Gasteiger charge is 2.03. The molecule has 96 valence electrons. The van der Waals surface area contributed by atoms with Crippen LogP contribution in [0.5, 0.6) is 0 Å². The molecule has 0 aliphatic heterocycles. The van der Waals surface area contributed by atoms with Crippen LogP contribution in [0, 0.1) is 5.82 Å². The first-order valence-corrected chi connectivity index (χ1v) is 7.17. The van der Waals surface area contributed by atoms with Crippen molar-refractivity contribution in [1.29, 1.82) is 0 Å². The summed E-state index contributed by atoms with van der Waals surface area (Å²) in [7, 11) is 0. The van der Waals surface area contributed by atoms with Crippen molar-refractivity contribution < 1.29 is 4.39 Å². The predicted octanol–water partition coefficient (Wildman–Crippen LogP) is 3.65. The minimum absolute atomic E-state index is 0.170. The van der Waals surface area contributed by atoms with Gasteiger partial charge in [-0.25, -0.2) is 4.39 Å². The Hall–Kier alpha value is -1.19. The predicted molar refractivity (Wildman–Crippen MR) is 75.6 cm³/mol. The molecule has 0 saturated carbocycles. The lowest BCUT2D eigenvalue weighted by molar-refractivity contribution is 0.548. The third-order valence-corrected chi connectivity index (χ3v) is 3.67. The van der Waals surface area contributed by atoms with Gasteiger partial charge in [0.2, 0.25) is 0 Å². The summed E-state index contributed by atoms with van der Waals surface area (Å²) in [4.78, 5) is 0. The van der Waals surface area contributed by atoms with Crippen LogP contribution in [0.2, 0.25) is 0 Å². The number of thiophene rings is 1. The van der Waals surface area contributed by atoms with Gasteiger partial charge in [-0.05, 0) is 66.4 Å². The minimum Gasteiger partial charge on any atom is -0.314 e. The van der Waals surface area contributed by atoms with Crippen molar-refractivity contribution in [1.82, 2.24) is 5.32 Å². The monoisotopic (exact) mass is 263 g/mol. The average Bonchev–Trinajstić information content (AvgIpc) is 2.85. The van der Waals surface area contributed by atoms with E-state index in [9.17, 15) is 4.39 Å². The van der Waals surface area contributed by atoms with Crippen molar-refractivity contribution in [2.24, 2.45) is 0 Å². The Labute approximate surface area is 112 Å². The standard InChI is InChI=1S/C15H18FNS/c1-12(10-13-2-4-15(16)5-3-13)17-8-6-14-7-9-18-11-14/h2-5,7,9,11-12,17H,6,8,10H2,1H3. The maximum atomic E-state index is 12.8. The molecule has 1 atom stereocenters. The largest absolute Gasteiger partial charge is 0.314 e. The van der Waals surface area contributed by atoms with Crippen molar-refractivity contribution in [2.75, 3.05) is 6.54 Å². The highest BCUT2D eigenvalue weighted by molar-refractivity contribution is 7.07. The van der Waals surface area contributed by atoms with Gasteiger partial charge in [0.1, 0.15) is 5.82 Å². The summed E-state index contributed by atoms with van der Waals surface area (Å²) >= 11 is 1.74. The number of hydrogen-bond acceptors (Lipinski definition) is 2. The Balaban J connectivity index is 1.71. The van der Waals surface area contributed by atoms with Gasteiger partial charge in [-0.1, -0.05) is 12.1 Å². The molecular weight excluding hydrogens is 245 g/mol. The van der Waals surface area contributed by atoms with E-state index in [1.54, 1.807) is 11.3 Å². The molecule has 0 aliphatic carbocycles. The molecule has 1 nitrogen and oxygen atoms in total. The van der Waals surface area contributed by atoms with Gasteiger partial charge >= 0.3 is 0 Å². The second kappa shape index (κ2) is 6.66. The number of nitrogens with one attached hydrogen (secondary N) is 1. The van der Waals surface area contributed by atoms with Gasteiger partial charge in [0.15, 0.2) is 0 Å². The van der Waals surface area contributed by atoms with E-state index in [4.69, 9.17) is 0 Å². The van der Waals surface area contributed by atoms with E-state index in [2.05, 4.69) is 29.1 Å². The van der Waals surface area contributed by atoms with Gasteiger partial charge in [0, 0.05) is 6.04 Å². The number of hydrogen-bond donors (Lipinski definition) is 1. The molecule has 0 radical (unpaired) electrons. The van der Waals surface area contributed by atoms with Gasteiger partial charge in [0.05, 0.1) is 0 Å². The van der Waals surface area contributed by atoms with Crippen LogP contribution < -0.4 is 5.32 Å². The Morgan fingerprint density at radius 2 is 1.94 bits per heavy atom. The molecule has 0 amide bonds. The molecule has 1 heterocycles. The van der Waals surface area contributed by atoms with E-state index >= 15 is 0 Å². The smallest absolute Gasteiger partial charge is 0.123 e. The molecule has 2 aromatic rings. The van der Waals surface area contributed by atoms with Gasteiger partial charge in [-0.15, -0.1) is 0 Å². The van der Waals surface area contributed by atoms with Crippen LogP contribution in [0.1, 0.15) is 18.1 Å². The molecule has 1 aromatic heterocycles. The minimum atomic E-state index is -0.170. The van der Waals surface area contributed by atoms with E-state index in [0.29, 0.717) is 6.04 Å². The molecule has 1 aromatic carbocycles. The van der Waals surface area contributed by atoms with Crippen LogP contribution in [-0.4, -0.2) is 12.6 Å². The van der Waals surface area contributed by atoms with Gasteiger partial charge in [-0.2, -0.15) is 11.3 Å².